The molecule has 2 amide bonds. The van der Waals surface area contributed by atoms with Crippen molar-refractivity contribution in [2.24, 2.45) is 0 Å². The summed E-state index contributed by atoms with van der Waals surface area (Å²) >= 11 is 0. The third kappa shape index (κ3) is 1.88. The van der Waals surface area contributed by atoms with Crippen molar-refractivity contribution >= 4 is 11.8 Å². The molecular formula is C11H13N3O2. The summed E-state index contributed by atoms with van der Waals surface area (Å²) in [5.41, 5.74) is 0.379. The van der Waals surface area contributed by atoms with Crippen LogP contribution in [0.15, 0.2) is 24.4 Å². The zero-order chi connectivity index (χ0) is 11.5. The molecule has 0 saturated carbocycles. The van der Waals surface area contributed by atoms with Crippen LogP contribution in [0, 0.1) is 0 Å². The van der Waals surface area contributed by atoms with Crippen LogP contribution in [0.2, 0.25) is 0 Å². The summed E-state index contributed by atoms with van der Waals surface area (Å²) < 4.78 is 0. The van der Waals surface area contributed by atoms with E-state index in [0.29, 0.717) is 18.8 Å². The molecule has 1 atom stereocenters. The number of pyridine rings is 1. The Morgan fingerprint density at radius 2 is 2.38 bits per heavy atom. The number of aromatic nitrogens is 1. The van der Waals surface area contributed by atoms with Crippen LogP contribution in [-0.2, 0) is 4.79 Å². The van der Waals surface area contributed by atoms with Crippen LogP contribution in [0.5, 0.6) is 0 Å². The van der Waals surface area contributed by atoms with Gasteiger partial charge in [0.15, 0.2) is 0 Å². The maximum absolute atomic E-state index is 12.0. The molecule has 2 heterocycles. The number of nitrogens with one attached hydrogen (secondary N) is 1. The van der Waals surface area contributed by atoms with E-state index in [4.69, 9.17) is 0 Å². The molecule has 84 valence electrons. The minimum absolute atomic E-state index is 0.115. The quantitative estimate of drug-likeness (QED) is 0.725. The molecule has 1 aliphatic rings. The van der Waals surface area contributed by atoms with Crippen molar-refractivity contribution in [1.29, 1.82) is 0 Å². The third-order valence-corrected chi connectivity index (χ3v) is 2.64. The molecule has 0 aromatic carbocycles. The van der Waals surface area contributed by atoms with Gasteiger partial charge in [0.1, 0.15) is 11.7 Å². The fourth-order valence-corrected chi connectivity index (χ4v) is 1.70. The van der Waals surface area contributed by atoms with E-state index >= 15 is 0 Å². The molecule has 1 aromatic rings. The monoisotopic (exact) mass is 219 g/mol. The van der Waals surface area contributed by atoms with Crippen molar-refractivity contribution in [3.63, 3.8) is 0 Å². The molecule has 0 radical (unpaired) electrons. The normalized spacial score (nSPS) is 20.4. The highest BCUT2D eigenvalue weighted by atomic mass is 16.2. The van der Waals surface area contributed by atoms with Crippen molar-refractivity contribution in [1.82, 2.24) is 15.2 Å². The predicted molar refractivity (Wildman–Crippen MR) is 57.7 cm³/mol. The maximum atomic E-state index is 12.0. The van der Waals surface area contributed by atoms with Gasteiger partial charge in [-0.1, -0.05) is 6.07 Å². The van der Waals surface area contributed by atoms with Crippen LogP contribution in [0.4, 0.5) is 0 Å². The molecule has 1 N–H and O–H groups in total. The average Bonchev–Trinajstić information content (AvgIpc) is 2.33. The first-order valence-corrected chi connectivity index (χ1v) is 5.20. The number of hydrogen-bond donors (Lipinski definition) is 1. The van der Waals surface area contributed by atoms with Gasteiger partial charge in [-0.25, -0.2) is 0 Å². The maximum Gasteiger partial charge on any atom is 0.273 e. The molecule has 0 bridgehead atoms. The Hall–Kier alpha value is -1.91. The van der Waals surface area contributed by atoms with Crippen LogP contribution >= 0.6 is 0 Å². The van der Waals surface area contributed by atoms with Crippen LogP contribution < -0.4 is 5.32 Å². The van der Waals surface area contributed by atoms with Gasteiger partial charge in [-0.3, -0.25) is 14.6 Å². The van der Waals surface area contributed by atoms with Gasteiger partial charge in [0.05, 0.1) is 0 Å². The third-order valence-electron chi connectivity index (χ3n) is 2.64. The summed E-state index contributed by atoms with van der Waals surface area (Å²) in [7, 11) is 0. The zero-order valence-electron chi connectivity index (χ0n) is 9.01. The van der Waals surface area contributed by atoms with Gasteiger partial charge in [0, 0.05) is 19.3 Å². The molecule has 1 fully saturated rings. The number of amides is 2. The number of carbonyl (C=O) groups excluding carboxylic acids is 2. The molecule has 1 saturated heterocycles. The number of piperazine rings is 1. The Morgan fingerprint density at radius 1 is 1.56 bits per heavy atom. The lowest BCUT2D eigenvalue weighted by molar-refractivity contribution is -0.127. The Labute approximate surface area is 93.5 Å². The highest BCUT2D eigenvalue weighted by molar-refractivity contribution is 5.96. The summed E-state index contributed by atoms with van der Waals surface area (Å²) in [5, 5.41) is 2.71. The highest BCUT2D eigenvalue weighted by Crippen LogP contribution is 2.08. The van der Waals surface area contributed by atoms with Gasteiger partial charge in [-0.2, -0.15) is 0 Å². The lowest BCUT2D eigenvalue weighted by atomic mass is 10.2. The molecule has 16 heavy (non-hydrogen) atoms. The summed E-state index contributed by atoms with van der Waals surface area (Å²) in [5.74, 6) is -0.307. The topological polar surface area (TPSA) is 62.3 Å². The van der Waals surface area contributed by atoms with E-state index in [1.54, 1.807) is 36.2 Å². The second-order valence-electron chi connectivity index (χ2n) is 3.68. The number of hydrogen-bond acceptors (Lipinski definition) is 3. The van der Waals surface area contributed by atoms with Gasteiger partial charge in [0.2, 0.25) is 5.91 Å². The Balaban J connectivity index is 2.19. The first-order chi connectivity index (χ1) is 7.70. The summed E-state index contributed by atoms with van der Waals surface area (Å²) in [6, 6.07) is 4.74. The van der Waals surface area contributed by atoms with Crippen molar-refractivity contribution < 1.29 is 9.59 Å². The lowest BCUT2D eigenvalue weighted by Crippen LogP contribution is -2.55. The minimum atomic E-state index is -0.428. The molecule has 1 aromatic heterocycles. The molecule has 5 nitrogen and oxygen atoms in total. The second-order valence-corrected chi connectivity index (χ2v) is 3.68. The Kier molecular flexibility index (Phi) is 2.85. The van der Waals surface area contributed by atoms with Crippen LogP contribution in [0.3, 0.4) is 0 Å². The molecule has 1 aliphatic heterocycles. The van der Waals surface area contributed by atoms with Crippen molar-refractivity contribution in [2.75, 3.05) is 13.1 Å². The Morgan fingerprint density at radius 3 is 3.06 bits per heavy atom. The van der Waals surface area contributed by atoms with E-state index in [0.717, 1.165) is 0 Å². The average molecular weight is 219 g/mol. The standard InChI is InChI=1S/C11H13N3O2/c1-8-10(15)13-6-7-14(8)11(16)9-4-2-3-5-12-9/h2-5,8H,6-7H2,1H3,(H,13,15). The van der Waals surface area contributed by atoms with E-state index in [9.17, 15) is 9.59 Å². The Bertz CT molecular complexity index is 405. The first-order valence-electron chi connectivity index (χ1n) is 5.20. The molecule has 0 spiro atoms. The smallest absolute Gasteiger partial charge is 0.273 e. The van der Waals surface area contributed by atoms with Crippen LogP contribution in [-0.4, -0.2) is 40.8 Å². The van der Waals surface area contributed by atoms with Crippen LogP contribution in [0.1, 0.15) is 17.4 Å². The molecule has 2 rings (SSSR count). The summed E-state index contributed by atoms with van der Waals surface area (Å²) in [6.07, 6.45) is 1.57. The van der Waals surface area contributed by atoms with E-state index < -0.39 is 6.04 Å². The molecular weight excluding hydrogens is 206 g/mol. The van der Waals surface area contributed by atoms with Crippen molar-refractivity contribution in [3.8, 4) is 0 Å². The second kappa shape index (κ2) is 4.30. The number of rotatable bonds is 1. The zero-order valence-corrected chi connectivity index (χ0v) is 9.01. The summed E-state index contributed by atoms with van der Waals surface area (Å²) in [4.78, 5) is 29.0. The van der Waals surface area contributed by atoms with E-state index in [-0.39, 0.29) is 11.8 Å². The van der Waals surface area contributed by atoms with E-state index in [1.807, 2.05) is 0 Å². The largest absolute Gasteiger partial charge is 0.353 e. The predicted octanol–water partition coefficient (Wildman–Crippen LogP) is 0.0421. The van der Waals surface area contributed by atoms with Gasteiger partial charge >= 0.3 is 0 Å². The lowest BCUT2D eigenvalue weighted by Gasteiger charge is -2.32. The first kappa shape index (κ1) is 10.6. The highest BCUT2D eigenvalue weighted by Gasteiger charge is 2.30. The fraction of sp³-hybridized carbons (Fsp3) is 0.364. The van der Waals surface area contributed by atoms with E-state index in [2.05, 4.69) is 10.3 Å². The molecule has 5 heteroatoms. The SMILES string of the molecule is CC1C(=O)NCCN1C(=O)c1ccccn1. The van der Waals surface area contributed by atoms with Gasteiger partial charge in [0.25, 0.3) is 5.91 Å². The number of carbonyl (C=O) groups is 2. The molecule has 0 aliphatic carbocycles. The number of nitrogens with zero attached hydrogens (tertiary/aromatic N) is 2. The minimum Gasteiger partial charge on any atom is -0.353 e. The summed E-state index contributed by atoms with van der Waals surface area (Å²) in [6.45, 7) is 2.75. The van der Waals surface area contributed by atoms with Gasteiger partial charge in [-0.05, 0) is 19.1 Å². The van der Waals surface area contributed by atoms with Crippen molar-refractivity contribution in [3.05, 3.63) is 30.1 Å². The van der Waals surface area contributed by atoms with Gasteiger partial charge < -0.3 is 10.2 Å². The fourth-order valence-electron chi connectivity index (χ4n) is 1.70. The van der Waals surface area contributed by atoms with Gasteiger partial charge in [-0.15, -0.1) is 0 Å². The van der Waals surface area contributed by atoms with E-state index in [1.165, 1.54) is 0 Å². The van der Waals surface area contributed by atoms with Crippen molar-refractivity contribution in [2.45, 2.75) is 13.0 Å². The molecule has 1 unspecified atom stereocenters. The van der Waals surface area contributed by atoms with Crippen LogP contribution in [0.25, 0.3) is 0 Å².